The van der Waals surface area contributed by atoms with Gasteiger partial charge in [0.25, 0.3) is 0 Å². The molecule has 1 rings (SSSR count). The molecule has 0 N–H and O–H groups in total. The number of carbonyl (C=O) groups excluding carboxylic acids is 2. The van der Waals surface area contributed by atoms with Crippen molar-refractivity contribution in [2.24, 2.45) is 0 Å². The average molecular weight is 256 g/mol. The summed E-state index contributed by atoms with van der Waals surface area (Å²) >= 11 is 0. The summed E-state index contributed by atoms with van der Waals surface area (Å²) in [5, 5.41) is 0. The van der Waals surface area contributed by atoms with Crippen LogP contribution in [0.4, 0.5) is 0 Å². The first-order valence-electron chi connectivity index (χ1n) is 4.93. The van der Waals surface area contributed by atoms with Crippen LogP contribution in [-0.2, 0) is 19.4 Å². The second kappa shape index (κ2) is 5.09. The summed E-state index contributed by atoms with van der Waals surface area (Å²) in [7, 11) is -3.49. The van der Waals surface area contributed by atoms with Gasteiger partial charge in [0, 0.05) is 6.92 Å². The Balaban J connectivity index is 3.18. The van der Waals surface area contributed by atoms with E-state index in [-0.39, 0.29) is 16.4 Å². The molecule has 0 atom stereocenters. The molecule has 0 radical (unpaired) electrons. The third-order valence-corrected chi connectivity index (χ3v) is 3.82. The van der Waals surface area contributed by atoms with Crippen molar-refractivity contribution in [2.75, 3.05) is 5.75 Å². The summed E-state index contributed by atoms with van der Waals surface area (Å²) in [5.74, 6) is -2.09. The standard InChI is InChI=1S/C11H12O5S/c1-3-17(14,15)10-7-5-4-6-9(10)16-11(13)8(2)12/h4-7H,3H2,1-2H3. The molecule has 17 heavy (non-hydrogen) atoms. The van der Waals surface area contributed by atoms with Crippen molar-refractivity contribution < 1.29 is 22.7 Å². The van der Waals surface area contributed by atoms with Crippen molar-refractivity contribution in [3.05, 3.63) is 24.3 Å². The minimum Gasteiger partial charge on any atom is -0.419 e. The molecule has 0 spiro atoms. The molecule has 0 heterocycles. The van der Waals surface area contributed by atoms with E-state index in [4.69, 9.17) is 4.74 Å². The number of Topliss-reactive ketones (excluding diaryl/α,β-unsaturated/α-hetero) is 1. The maximum absolute atomic E-state index is 11.7. The molecule has 6 heteroatoms. The summed E-state index contributed by atoms with van der Waals surface area (Å²) in [6, 6.07) is 5.72. The summed E-state index contributed by atoms with van der Waals surface area (Å²) in [5.41, 5.74) is 0. The van der Waals surface area contributed by atoms with Crippen LogP contribution >= 0.6 is 0 Å². The zero-order valence-electron chi connectivity index (χ0n) is 9.47. The number of ether oxygens (including phenoxy) is 1. The quantitative estimate of drug-likeness (QED) is 0.456. The predicted molar refractivity (Wildman–Crippen MR) is 60.5 cm³/mol. The number of benzene rings is 1. The van der Waals surface area contributed by atoms with Gasteiger partial charge >= 0.3 is 5.97 Å². The van der Waals surface area contributed by atoms with Gasteiger partial charge in [-0.2, -0.15) is 0 Å². The first-order valence-corrected chi connectivity index (χ1v) is 6.58. The SMILES string of the molecule is CCS(=O)(=O)c1ccccc1OC(=O)C(C)=O. The third-order valence-electron chi connectivity index (χ3n) is 2.05. The van der Waals surface area contributed by atoms with Gasteiger partial charge in [-0.1, -0.05) is 19.1 Å². The lowest BCUT2D eigenvalue weighted by atomic mass is 10.3. The van der Waals surface area contributed by atoms with Crippen molar-refractivity contribution in [3.8, 4) is 5.75 Å². The van der Waals surface area contributed by atoms with Gasteiger partial charge in [-0.15, -0.1) is 0 Å². The molecule has 0 aromatic heterocycles. The number of carbonyl (C=O) groups is 2. The molecular weight excluding hydrogens is 244 g/mol. The Hall–Kier alpha value is -1.69. The fraction of sp³-hybridized carbons (Fsp3) is 0.273. The number of hydrogen-bond acceptors (Lipinski definition) is 5. The predicted octanol–water partition coefficient (Wildman–Crippen LogP) is 0.975. The van der Waals surface area contributed by atoms with Crippen LogP contribution < -0.4 is 4.74 Å². The Morgan fingerprint density at radius 2 is 1.82 bits per heavy atom. The molecule has 0 unspecified atom stereocenters. The molecule has 1 aromatic rings. The number of ketones is 1. The summed E-state index contributed by atoms with van der Waals surface area (Å²) in [4.78, 5) is 21.8. The summed E-state index contributed by atoms with van der Waals surface area (Å²) in [6.07, 6.45) is 0. The fourth-order valence-electron chi connectivity index (χ4n) is 1.12. The van der Waals surface area contributed by atoms with Crippen LogP contribution in [0.2, 0.25) is 0 Å². The van der Waals surface area contributed by atoms with Gasteiger partial charge in [0.05, 0.1) is 5.75 Å². The van der Waals surface area contributed by atoms with E-state index < -0.39 is 21.6 Å². The number of esters is 1. The number of hydrogen-bond donors (Lipinski definition) is 0. The lowest BCUT2D eigenvalue weighted by Crippen LogP contribution is -2.18. The zero-order chi connectivity index (χ0) is 13.1. The normalized spacial score (nSPS) is 10.9. The Kier molecular flexibility index (Phi) is 4.01. The molecule has 0 amide bonds. The lowest BCUT2D eigenvalue weighted by Gasteiger charge is -2.08. The summed E-state index contributed by atoms with van der Waals surface area (Å²) < 4.78 is 28.1. The highest BCUT2D eigenvalue weighted by atomic mass is 32.2. The first-order chi connectivity index (χ1) is 7.88. The van der Waals surface area contributed by atoms with Crippen LogP contribution in [0.25, 0.3) is 0 Å². The van der Waals surface area contributed by atoms with Gasteiger partial charge in [0.1, 0.15) is 10.6 Å². The van der Waals surface area contributed by atoms with Crippen molar-refractivity contribution in [1.82, 2.24) is 0 Å². The van der Waals surface area contributed by atoms with Crippen molar-refractivity contribution in [2.45, 2.75) is 18.7 Å². The van der Waals surface area contributed by atoms with E-state index in [1.54, 1.807) is 0 Å². The molecule has 0 aliphatic heterocycles. The van der Waals surface area contributed by atoms with E-state index in [0.29, 0.717) is 0 Å². The van der Waals surface area contributed by atoms with Crippen LogP contribution in [0.15, 0.2) is 29.2 Å². The highest BCUT2D eigenvalue weighted by molar-refractivity contribution is 7.91. The van der Waals surface area contributed by atoms with Crippen LogP contribution in [0, 0.1) is 0 Å². The van der Waals surface area contributed by atoms with Crippen LogP contribution in [0.5, 0.6) is 5.75 Å². The molecule has 0 saturated carbocycles. The fourth-order valence-corrected chi connectivity index (χ4v) is 2.13. The Morgan fingerprint density at radius 1 is 1.24 bits per heavy atom. The second-order valence-corrected chi connectivity index (χ2v) is 5.54. The smallest absolute Gasteiger partial charge is 0.379 e. The number of rotatable bonds is 4. The van der Waals surface area contributed by atoms with Crippen LogP contribution in [0.3, 0.4) is 0 Å². The first kappa shape index (κ1) is 13.4. The van der Waals surface area contributed by atoms with Gasteiger partial charge in [-0.05, 0) is 12.1 Å². The minimum absolute atomic E-state index is 0.0860. The molecule has 0 aliphatic carbocycles. The lowest BCUT2D eigenvalue weighted by molar-refractivity contribution is -0.146. The van der Waals surface area contributed by atoms with E-state index in [1.807, 2.05) is 0 Å². The van der Waals surface area contributed by atoms with Gasteiger partial charge in [0.2, 0.25) is 5.78 Å². The van der Waals surface area contributed by atoms with Gasteiger partial charge in [0.15, 0.2) is 9.84 Å². The molecule has 0 fully saturated rings. The van der Waals surface area contributed by atoms with Gasteiger partial charge in [-0.25, -0.2) is 13.2 Å². The Bertz CT molecular complexity index is 545. The molecule has 0 bridgehead atoms. The molecular formula is C11H12O5S. The molecule has 1 aromatic carbocycles. The summed E-state index contributed by atoms with van der Waals surface area (Å²) in [6.45, 7) is 2.54. The Labute approximate surface area is 99.3 Å². The van der Waals surface area contributed by atoms with Crippen LogP contribution in [-0.4, -0.2) is 25.9 Å². The van der Waals surface area contributed by atoms with E-state index >= 15 is 0 Å². The monoisotopic (exact) mass is 256 g/mol. The van der Waals surface area contributed by atoms with Gasteiger partial charge in [-0.3, -0.25) is 4.79 Å². The third kappa shape index (κ3) is 3.13. The zero-order valence-corrected chi connectivity index (χ0v) is 10.3. The molecule has 0 saturated heterocycles. The van der Waals surface area contributed by atoms with E-state index in [1.165, 1.54) is 31.2 Å². The minimum atomic E-state index is -3.49. The van der Waals surface area contributed by atoms with Crippen molar-refractivity contribution in [3.63, 3.8) is 0 Å². The highest BCUT2D eigenvalue weighted by Crippen LogP contribution is 2.24. The largest absolute Gasteiger partial charge is 0.419 e. The van der Waals surface area contributed by atoms with Crippen molar-refractivity contribution >= 4 is 21.6 Å². The van der Waals surface area contributed by atoms with E-state index in [9.17, 15) is 18.0 Å². The van der Waals surface area contributed by atoms with E-state index in [2.05, 4.69) is 0 Å². The highest BCUT2D eigenvalue weighted by Gasteiger charge is 2.20. The van der Waals surface area contributed by atoms with Gasteiger partial charge < -0.3 is 4.74 Å². The van der Waals surface area contributed by atoms with Crippen molar-refractivity contribution in [1.29, 1.82) is 0 Å². The Morgan fingerprint density at radius 3 is 2.35 bits per heavy atom. The topological polar surface area (TPSA) is 77.5 Å². The number of sulfone groups is 1. The van der Waals surface area contributed by atoms with Crippen LogP contribution in [0.1, 0.15) is 13.8 Å². The maximum Gasteiger partial charge on any atom is 0.379 e. The average Bonchev–Trinajstić information content (AvgIpc) is 2.29. The number of para-hydroxylation sites is 1. The molecule has 5 nitrogen and oxygen atoms in total. The van der Waals surface area contributed by atoms with E-state index in [0.717, 1.165) is 6.92 Å². The molecule has 92 valence electrons. The maximum atomic E-state index is 11.7. The second-order valence-electron chi connectivity index (χ2n) is 3.30. The molecule has 0 aliphatic rings.